The van der Waals surface area contributed by atoms with Crippen LogP contribution in [0.3, 0.4) is 0 Å². The fourth-order valence-electron chi connectivity index (χ4n) is 2.22. The molecule has 3 rings (SSSR count). The molecular formula is C15H17N5O2. The highest BCUT2D eigenvalue weighted by molar-refractivity contribution is 6.43. The average molecular weight is 299 g/mol. The van der Waals surface area contributed by atoms with E-state index in [4.69, 9.17) is 0 Å². The topological polar surface area (TPSA) is 99.2 Å². The van der Waals surface area contributed by atoms with Crippen LogP contribution in [0.15, 0.2) is 23.3 Å². The number of benzene rings is 1. The average Bonchev–Trinajstić information content (AvgIpc) is 2.91. The van der Waals surface area contributed by atoms with Gasteiger partial charge in [-0.1, -0.05) is 13.8 Å². The van der Waals surface area contributed by atoms with E-state index in [1.807, 2.05) is 12.1 Å². The molecule has 0 atom stereocenters. The standard InChI is InChI=1S/C15H17N5O2/c1-8(2)14-17-10-4-3-9(7-12(10)18-14)16-15(22)11-5-6-13(21)20-19-11/h3-4,7-8H,5-6H2,1-2H3,(H,16,22)(H,17,18)(H,20,21). The van der Waals surface area contributed by atoms with E-state index in [1.54, 1.807) is 6.07 Å². The second-order valence-electron chi connectivity index (χ2n) is 5.56. The first-order valence-corrected chi connectivity index (χ1v) is 7.19. The van der Waals surface area contributed by atoms with E-state index in [-0.39, 0.29) is 18.2 Å². The van der Waals surface area contributed by atoms with Gasteiger partial charge >= 0.3 is 0 Å². The van der Waals surface area contributed by atoms with E-state index >= 15 is 0 Å². The zero-order valence-corrected chi connectivity index (χ0v) is 12.4. The number of carbonyl (C=O) groups excluding carboxylic acids is 2. The maximum absolute atomic E-state index is 12.1. The van der Waals surface area contributed by atoms with Gasteiger partial charge in [-0.05, 0) is 18.2 Å². The molecule has 1 aliphatic rings. The Kier molecular flexibility index (Phi) is 3.62. The number of hydrogen-bond acceptors (Lipinski definition) is 4. The highest BCUT2D eigenvalue weighted by Crippen LogP contribution is 2.20. The van der Waals surface area contributed by atoms with Gasteiger partial charge in [0.05, 0.1) is 11.0 Å². The molecule has 1 aromatic heterocycles. The molecule has 0 spiro atoms. The number of carbonyl (C=O) groups is 2. The number of hydrazone groups is 1. The summed E-state index contributed by atoms with van der Waals surface area (Å²) in [5.41, 5.74) is 5.05. The number of H-pyrrole nitrogens is 1. The van der Waals surface area contributed by atoms with Crippen molar-refractivity contribution in [2.24, 2.45) is 5.10 Å². The summed E-state index contributed by atoms with van der Waals surface area (Å²) in [6.45, 7) is 4.13. The number of hydrogen-bond donors (Lipinski definition) is 3. The van der Waals surface area contributed by atoms with Gasteiger partial charge in [0.1, 0.15) is 11.5 Å². The largest absolute Gasteiger partial charge is 0.342 e. The summed E-state index contributed by atoms with van der Waals surface area (Å²) in [6, 6.07) is 5.50. The molecule has 0 bridgehead atoms. The van der Waals surface area contributed by atoms with Crippen LogP contribution in [-0.4, -0.2) is 27.5 Å². The molecule has 2 amide bonds. The molecule has 2 aromatic rings. The van der Waals surface area contributed by atoms with E-state index in [0.717, 1.165) is 16.9 Å². The second-order valence-corrected chi connectivity index (χ2v) is 5.56. The molecule has 2 heterocycles. The lowest BCUT2D eigenvalue weighted by molar-refractivity contribution is -0.121. The van der Waals surface area contributed by atoms with Crippen molar-refractivity contribution in [2.45, 2.75) is 32.6 Å². The maximum Gasteiger partial charge on any atom is 0.271 e. The van der Waals surface area contributed by atoms with Crippen LogP contribution in [0.4, 0.5) is 5.69 Å². The molecule has 0 fully saturated rings. The number of aromatic nitrogens is 2. The SMILES string of the molecule is CC(C)c1nc2ccc(NC(=O)C3=NNC(=O)CC3)cc2[nH]1. The van der Waals surface area contributed by atoms with Crippen LogP contribution in [0.1, 0.15) is 38.4 Å². The number of nitrogens with zero attached hydrogens (tertiary/aromatic N) is 2. The van der Waals surface area contributed by atoms with E-state index in [0.29, 0.717) is 23.7 Å². The van der Waals surface area contributed by atoms with Crippen molar-refractivity contribution in [3.05, 3.63) is 24.0 Å². The van der Waals surface area contributed by atoms with Crippen molar-refractivity contribution in [3.63, 3.8) is 0 Å². The second kappa shape index (κ2) is 5.59. The first-order valence-electron chi connectivity index (χ1n) is 7.19. The van der Waals surface area contributed by atoms with Gasteiger partial charge in [-0.15, -0.1) is 0 Å². The minimum atomic E-state index is -0.303. The van der Waals surface area contributed by atoms with Gasteiger partial charge in [0.15, 0.2) is 0 Å². The van der Waals surface area contributed by atoms with Gasteiger partial charge < -0.3 is 10.3 Å². The molecule has 0 radical (unpaired) electrons. The van der Waals surface area contributed by atoms with E-state index in [1.165, 1.54) is 0 Å². The third-order valence-corrected chi connectivity index (χ3v) is 3.47. The maximum atomic E-state index is 12.1. The summed E-state index contributed by atoms with van der Waals surface area (Å²) in [7, 11) is 0. The van der Waals surface area contributed by atoms with Crippen molar-refractivity contribution in [1.29, 1.82) is 0 Å². The monoisotopic (exact) mass is 299 g/mol. The lowest BCUT2D eigenvalue weighted by Crippen LogP contribution is -2.32. The quantitative estimate of drug-likeness (QED) is 0.807. The van der Waals surface area contributed by atoms with E-state index < -0.39 is 0 Å². The highest BCUT2D eigenvalue weighted by atomic mass is 16.2. The zero-order valence-electron chi connectivity index (χ0n) is 12.4. The van der Waals surface area contributed by atoms with Crippen molar-refractivity contribution in [2.75, 3.05) is 5.32 Å². The third-order valence-electron chi connectivity index (χ3n) is 3.47. The smallest absolute Gasteiger partial charge is 0.271 e. The Hall–Kier alpha value is -2.70. The Bertz CT molecular complexity index is 775. The normalized spacial score (nSPS) is 14.9. The fraction of sp³-hybridized carbons (Fsp3) is 0.333. The minimum absolute atomic E-state index is 0.170. The van der Waals surface area contributed by atoms with Gasteiger partial charge in [0.2, 0.25) is 5.91 Å². The lowest BCUT2D eigenvalue weighted by Gasteiger charge is -2.11. The van der Waals surface area contributed by atoms with Crippen LogP contribution >= 0.6 is 0 Å². The van der Waals surface area contributed by atoms with Crippen LogP contribution < -0.4 is 10.7 Å². The Balaban J connectivity index is 1.79. The number of imidazole rings is 1. The van der Waals surface area contributed by atoms with Crippen LogP contribution in [0.25, 0.3) is 11.0 Å². The number of rotatable bonds is 3. The lowest BCUT2D eigenvalue weighted by atomic mass is 10.1. The summed E-state index contributed by atoms with van der Waals surface area (Å²) >= 11 is 0. The summed E-state index contributed by atoms with van der Waals surface area (Å²) in [5.74, 6) is 0.753. The number of aromatic amines is 1. The predicted octanol–water partition coefficient (Wildman–Crippen LogP) is 1.89. The summed E-state index contributed by atoms with van der Waals surface area (Å²) in [5, 5.41) is 6.57. The Labute approximate surface area is 127 Å². The fourth-order valence-corrected chi connectivity index (χ4v) is 2.22. The van der Waals surface area contributed by atoms with Gasteiger partial charge in [-0.2, -0.15) is 5.10 Å². The third kappa shape index (κ3) is 2.83. The Morgan fingerprint density at radius 2 is 2.14 bits per heavy atom. The first kappa shape index (κ1) is 14.2. The zero-order chi connectivity index (χ0) is 15.7. The molecule has 0 saturated carbocycles. The van der Waals surface area contributed by atoms with Crippen LogP contribution in [0.5, 0.6) is 0 Å². The van der Waals surface area contributed by atoms with Gasteiger partial charge in [0, 0.05) is 24.4 Å². The number of fused-ring (bicyclic) bond motifs is 1. The molecule has 1 aliphatic heterocycles. The molecule has 114 valence electrons. The molecule has 0 unspecified atom stereocenters. The summed E-state index contributed by atoms with van der Waals surface area (Å²) in [6.07, 6.45) is 0.630. The Morgan fingerprint density at radius 1 is 1.32 bits per heavy atom. The summed E-state index contributed by atoms with van der Waals surface area (Å²) in [4.78, 5) is 30.9. The predicted molar refractivity (Wildman–Crippen MR) is 83.6 cm³/mol. The molecule has 7 heteroatoms. The van der Waals surface area contributed by atoms with Gasteiger partial charge in [0.25, 0.3) is 5.91 Å². The van der Waals surface area contributed by atoms with Gasteiger partial charge in [-0.25, -0.2) is 10.4 Å². The summed E-state index contributed by atoms with van der Waals surface area (Å²) < 4.78 is 0. The molecule has 22 heavy (non-hydrogen) atoms. The first-order chi connectivity index (χ1) is 10.5. The van der Waals surface area contributed by atoms with E-state index in [2.05, 4.69) is 39.7 Å². The minimum Gasteiger partial charge on any atom is -0.342 e. The van der Waals surface area contributed by atoms with E-state index in [9.17, 15) is 9.59 Å². The highest BCUT2D eigenvalue weighted by Gasteiger charge is 2.18. The molecule has 1 aromatic carbocycles. The van der Waals surface area contributed by atoms with Crippen LogP contribution in [0, 0.1) is 0 Å². The van der Waals surface area contributed by atoms with Crippen LogP contribution in [-0.2, 0) is 9.59 Å². The molecule has 0 saturated heterocycles. The van der Waals surface area contributed by atoms with Gasteiger partial charge in [-0.3, -0.25) is 9.59 Å². The van der Waals surface area contributed by atoms with Crippen molar-refractivity contribution in [3.8, 4) is 0 Å². The van der Waals surface area contributed by atoms with Crippen molar-refractivity contribution in [1.82, 2.24) is 15.4 Å². The number of anilines is 1. The number of amides is 2. The van der Waals surface area contributed by atoms with Crippen molar-refractivity contribution < 1.29 is 9.59 Å². The Morgan fingerprint density at radius 3 is 2.82 bits per heavy atom. The van der Waals surface area contributed by atoms with Crippen molar-refractivity contribution >= 4 is 34.2 Å². The molecular weight excluding hydrogens is 282 g/mol. The molecule has 7 nitrogen and oxygen atoms in total. The number of nitrogens with one attached hydrogen (secondary N) is 3. The van der Waals surface area contributed by atoms with Crippen LogP contribution in [0.2, 0.25) is 0 Å². The molecule has 0 aliphatic carbocycles. The molecule has 3 N–H and O–H groups in total.